The average molecular weight is 445 g/mol. The van der Waals surface area contributed by atoms with Crippen LogP contribution in [0.1, 0.15) is 29.2 Å². The van der Waals surface area contributed by atoms with E-state index in [2.05, 4.69) is 0 Å². The van der Waals surface area contributed by atoms with Gasteiger partial charge in [0, 0.05) is 22.3 Å². The van der Waals surface area contributed by atoms with Gasteiger partial charge in [0.25, 0.3) is 0 Å². The summed E-state index contributed by atoms with van der Waals surface area (Å²) in [6.45, 7) is 4.68. The highest BCUT2D eigenvalue weighted by Crippen LogP contribution is 2.17. The lowest BCUT2D eigenvalue weighted by atomic mass is 10.2. The van der Waals surface area contributed by atoms with Crippen LogP contribution in [0.2, 0.25) is 0 Å². The van der Waals surface area contributed by atoms with Gasteiger partial charge < -0.3 is 9.80 Å². The van der Waals surface area contributed by atoms with Crippen LogP contribution in [0.5, 0.6) is 0 Å². The van der Waals surface area contributed by atoms with E-state index in [1.807, 2.05) is 48.9 Å². The topological polar surface area (TPSA) is 40.6 Å². The molecule has 0 aliphatic carbocycles. The lowest BCUT2D eigenvalue weighted by molar-refractivity contribution is -0.142. The third-order valence-electron chi connectivity index (χ3n) is 4.72. The van der Waals surface area contributed by atoms with Gasteiger partial charge in [0.2, 0.25) is 11.8 Å². The molecule has 2 heterocycles. The van der Waals surface area contributed by atoms with Gasteiger partial charge in [0.15, 0.2) is 0 Å². The van der Waals surface area contributed by atoms with Crippen molar-refractivity contribution in [3.05, 3.63) is 80.4 Å². The first-order valence-corrected chi connectivity index (χ1v) is 11.5. The average Bonchev–Trinajstić information content (AvgIpc) is 3.41. The summed E-state index contributed by atoms with van der Waals surface area (Å²) in [6.07, 6.45) is 0.298. The molecule has 0 spiro atoms. The van der Waals surface area contributed by atoms with Crippen LogP contribution in [0.15, 0.2) is 59.3 Å². The van der Waals surface area contributed by atoms with Gasteiger partial charge in [-0.2, -0.15) is 0 Å². The molecule has 30 heavy (non-hydrogen) atoms. The molecule has 0 bridgehead atoms. The number of hydrogen-bond donors (Lipinski definition) is 0. The fourth-order valence-electron chi connectivity index (χ4n) is 3.10. The Hall–Kier alpha value is -2.51. The van der Waals surface area contributed by atoms with Gasteiger partial charge in [-0.25, -0.2) is 4.39 Å². The largest absolute Gasteiger partial charge is 0.332 e. The maximum absolute atomic E-state index is 13.3. The van der Waals surface area contributed by atoms with E-state index in [9.17, 15) is 14.0 Å². The van der Waals surface area contributed by atoms with Crippen molar-refractivity contribution in [2.24, 2.45) is 0 Å². The molecule has 0 fully saturated rings. The molecule has 1 aromatic carbocycles. The predicted octanol–water partition coefficient (Wildman–Crippen LogP) is 4.96. The summed E-state index contributed by atoms with van der Waals surface area (Å²) in [7, 11) is 0. The van der Waals surface area contributed by atoms with E-state index in [0.717, 1.165) is 15.3 Å². The molecule has 0 unspecified atom stereocenters. The number of rotatable bonds is 9. The molecule has 0 saturated heterocycles. The maximum Gasteiger partial charge on any atom is 0.242 e. The molecule has 0 atom stereocenters. The SMILES string of the molecule is CC(C)N(CC(=O)N(Cc1ccc(F)cc1)Cc1cccs1)C(=O)Cc1cccs1. The summed E-state index contributed by atoms with van der Waals surface area (Å²) in [5, 5.41) is 3.92. The Morgan fingerprint density at radius 2 is 1.53 bits per heavy atom. The minimum absolute atomic E-state index is 0.0223. The van der Waals surface area contributed by atoms with Crippen molar-refractivity contribution < 1.29 is 14.0 Å². The minimum atomic E-state index is -0.306. The number of carbonyl (C=O) groups excluding carboxylic acids is 2. The van der Waals surface area contributed by atoms with Crippen molar-refractivity contribution in [1.82, 2.24) is 9.80 Å². The fraction of sp³-hybridized carbons (Fsp3) is 0.304. The predicted molar refractivity (Wildman–Crippen MR) is 120 cm³/mol. The Morgan fingerprint density at radius 3 is 2.10 bits per heavy atom. The van der Waals surface area contributed by atoms with Gasteiger partial charge in [0.05, 0.1) is 13.0 Å². The smallest absolute Gasteiger partial charge is 0.242 e. The Labute approximate surface area is 184 Å². The highest BCUT2D eigenvalue weighted by atomic mass is 32.1. The van der Waals surface area contributed by atoms with E-state index in [1.165, 1.54) is 23.5 Å². The first kappa shape index (κ1) is 22.2. The molecule has 3 rings (SSSR count). The number of amides is 2. The van der Waals surface area contributed by atoms with E-state index in [0.29, 0.717) is 19.5 Å². The molecular formula is C23H25FN2O2S2. The zero-order chi connectivity index (χ0) is 21.5. The van der Waals surface area contributed by atoms with E-state index < -0.39 is 0 Å². The summed E-state index contributed by atoms with van der Waals surface area (Å²) in [5.41, 5.74) is 0.849. The van der Waals surface area contributed by atoms with E-state index in [1.54, 1.807) is 33.3 Å². The second-order valence-corrected chi connectivity index (χ2v) is 9.39. The molecule has 7 heteroatoms. The van der Waals surface area contributed by atoms with E-state index >= 15 is 0 Å². The Balaban J connectivity index is 1.73. The molecule has 158 valence electrons. The first-order valence-electron chi connectivity index (χ1n) is 9.79. The number of benzene rings is 1. The maximum atomic E-state index is 13.3. The van der Waals surface area contributed by atoms with Crippen LogP contribution in [0.25, 0.3) is 0 Å². The van der Waals surface area contributed by atoms with Crippen LogP contribution in [-0.2, 0) is 29.1 Å². The van der Waals surface area contributed by atoms with Crippen LogP contribution in [-0.4, -0.2) is 34.2 Å². The fourth-order valence-corrected chi connectivity index (χ4v) is 4.52. The first-order chi connectivity index (χ1) is 14.4. The molecular weight excluding hydrogens is 419 g/mol. The highest BCUT2D eigenvalue weighted by Gasteiger charge is 2.24. The van der Waals surface area contributed by atoms with Gasteiger partial charge in [-0.15, -0.1) is 22.7 Å². The summed E-state index contributed by atoms with van der Waals surface area (Å²) < 4.78 is 13.3. The van der Waals surface area contributed by atoms with Crippen LogP contribution < -0.4 is 0 Å². The summed E-state index contributed by atoms with van der Waals surface area (Å²) in [6, 6.07) is 13.9. The monoisotopic (exact) mass is 444 g/mol. The van der Waals surface area contributed by atoms with Crippen LogP contribution in [0.3, 0.4) is 0 Å². The molecule has 0 saturated carbocycles. The molecule has 2 aromatic heterocycles. The van der Waals surface area contributed by atoms with E-state index in [4.69, 9.17) is 0 Å². The molecule has 3 aromatic rings. The van der Waals surface area contributed by atoms with Gasteiger partial charge in [-0.05, 0) is 54.4 Å². The summed E-state index contributed by atoms with van der Waals surface area (Å²) in [4.78, 5) is 31.5. The van der Waals surface area contributed by atoms with Gasteiger partial charge in [-0.3, -0.25) is 9.59 Å². The van der Waals surface area contributed by atoms with Gasteiger partial charge >= 0.3 is 0 Å². The molecule has 0 radical (unpaired) electrons. The number of thiophene rings is 2. The lowest BCUT2D eigenvalue weighted by Gasteiger charge is -2.30. The molecule has 2 amide bonds. The van der Waals surface area contributed by atoms with Crippen molar-refractivity contribution in [2.75, 3.05) is 6.54 Å². The second kappa shape index (κ2) is 10.5. The van der Waals surface area contributed by atoms with Gasteiger partial charge in [0.1, 0.15) is 12.4 Å². The molecule has 4 nitrogen and oxygen atoms in total. The lowest BCUT2D eigenvalue weighted by Crippen LogP contribution is -2.46. The van der Waals surface area contributed by atoms with Crippen molar-refractivity contribution in [2.45, 2.75) is 39.4 Å². The van der Waals surface area contributed by atoms with Gasteiger partial charge in [-0.1, -0.05) is 24.3 Å². The number of halogens is 1. The number of nitrogens with zero attached hydrogens (tertiary/aromatic N) is 2. The molecule has 0 N–H and O–H groups in total. The van der Waals surface area contributed by atoms with Crippen molar-refractivity contribution in [1.29, 1.82) is 0 Å². The number of carbonyl (C=O) groups is 2. The third kappa shape index (κ3) is 6.24. The Bertz CT molecular complexity index is 938. The van der Waals surface area contributed by atoms with Crippen molar-refractivity contribution in [3.63, 3.8) is 0 Å². The van der Waals surface area contributed by atoms with Crippen LogP contribution >= 0.6 is 22.7 Å². The Kier molecular flexibility index (Phi) is 7.76. The normalized spacial score (nSPS) is 10.9. The quantitative estimate of drug-likeness (QED) is 0.468. The summed E-state index contributed by atoms with van der Waals surface area (Å²) in [5.74, 6) is -0.486. The van der Waals surface area contributed by atoms with Crippen LogP contribution in [0.4, 0.5) is 4.39 Å². The van der Waals surface area contributed by atoms with E-state index in [-0.39, 0.29) is 30.2 Å². The van der Waals surface area contributed by atoms with Crippen LogP contribution in [0, 0.1) is 5.82 Å². The number of hydrogen-bond acceptors (Lipinski definition) is 4. The Morgan fingerprint density at radius 1 is 0.900 bits per heavy atom. The third-order valence-corrected chi connectivity index (χ3v) is 6.46. The second-order valence-electron chi connectivity index (χ2n) is 7.33. The summed E-state index contributed by atoms with van der Waals surface area (Å²) >= 11 is 3.12. The molecule has 0 aliphatic heterocycles. The highest BCUT2D eigenvalue weighted by molar-refractivity contribution is 7.10. The standard InChI is InChI=1S/C23H25FN2O2S2/c1-17(2)26(22(27)13-20-5-3-11-29-20)16-23(28)25(15-21-6-4-12-30-21)14-18-7-9-19(24)10-8-18/h3-12,17H,13-16H2,1-2H3. The zero-order valence-corrected chi connectivity index (χ0v) is 18.7. The zero-order valence-electron chi connectivity index (χ0n) is 17.1. The van der Waals surface area contributed by atoms with Crippen molar-refractivity contribution >= 4 is 34.5 Å². The minimum Gasteiger partial charge on any atom is -0.332 e. The molecule has 0 aliphatic rings. The van der Waals surface area contributed by atoms with Crippen molar-refractivity contribution in [3.8, 4) is 0 Å².